The molecule has 0 bridgehead atoms. The lowest BCUT2D eigenvalue weighted by molar-refractivity contribution is -0.126. The molecule has 0 atom stereocenters. The molecule has 0 aromatic heterocycles. The van der Waals surface area contributed by atoms with Crippen molar-refractivity contribution >= 4 is 19.1 Å². The average Bonchev–Trinajstić information content (AvgIpc) is 2.30. The summed E-state index contributed by atoms with van der Waals surface area (Å²) in [6, 6.07) is 0. The molecular weight excluding hydrogens is 206 g/mol. The van der Waals surface area contributed by atoms with Crippen LogP contribution in [0.15, 0.2) is 48.2 Å². The van der Waals surface area contributed by atoms with Gasteiger partial charge in [0.05, 0.1) is 5.70 Å². The van der Waals surface area contributed by atoms with Crippen LogP contribution >= 0.6 is 0 Å². The normalized spacial score (nSPS) is 12.4. The van der Waals surface area contributed by atoms with Crippen molar-refractivity contribution in [3.05, 3.63) is 48.2 Å². The van der Waals surface area contributed by atoms with Crippen LogP contribution in [0.1, 0.15) is 6.92 Å². The van der Waals surface area contributed by atoms with Crippen LogP contribution in [0.5, 0.6) is 0 Å². The highest BCUT2D eigenvalue weighted by molar-refractivity contribution is 5.73. The summed E-state index contributed by atoms with van der Waals surface area (Å²) in [5.74, 6) is 0. The van der Waals surface area contributed by atoms with Gasteiger partial charge in [-0.2, -0.15) is 0 Å². The van der Waals surface area contributed by atoms with E-state index < -0.39 is 0 Å². The number of hydrogen-bond donors (Lipinski definition) is 0. The maximum Gasteiger partial charge on any atom is 0.220 e. The average molecular weight is 219 g/mol. The number of nitrogens with zero attached hydrogens (tertiary/aromatic N) is 1. The van der Waals surface area contributed by atoms with Gasteiger partial charge in [0, 0.05) is 0 Å². The van der Waals surface area contributed by atoms with Gasteiger partial charge in [0.15, 0.2) is 0 Å². The summed E-state index contributed by atoms with van der Waals surface area (Å²) < 4.78 is 0. The minimum Gasteiger partial charge on any atom is -0.299 e. The van der Waals surface area contributed by atoms with Crippen LogP contribution < -0.4 is 0 Å². The molecule has 16 heavy (non-hydrogen) atoms. The van der Waals surface area contributed by atoms with E-state index in [1.54, 1.807) is 18.2 Å². The zero-order valence-electron chi connectivity index (χ0n) is 8.95. The van der Waals surface area contributed by atoms with Crippen LogP contribution in [-0.2, 0) is 14.4 Å². The van der Waals surface area contributed by atoms with Crippen molar-refractivity contribution in [3.8, 4) is 0 Å². The molecule has 0 aliphatic rings. The van der Waals surface area contributed by atoms with Crippen LogP contribution in [0, 0.1) is 0 Å². The van der Waals surface area contributed by atoms with Gasteiger partial charge >= 0.3 is 0 Å². The molecule has 4 nitrogen and oxygen atoms in total. The fraction of sp³-hybridized carbons (Fsp3) is 0.0833. The van der Waals surface area contributed by atoms with E-state index in [1.807, 2.05) is 13.0 Å². The number of rotatable bonds is 7. The molecule has 0 heterocycles. The third-order valence-electron chi connectivity index (χ3n) is 1.55. The highest BCUT2D eigenvalue weighted by Gasteiger charge is 2.01. The molecule has 0 aliphatic heterocycles. The van der Waals surface area contributed by atoms with Crippen LogP contribution in [-0.4, -0.2) is 24.0 Å². The second-order valence-corrected chi connectivity index (χ2v) is 2.62. The molecule has 0 radical (unpaired) electrons. The van der Waals surface area contributed by atoms with E-state index in [2.05, 4.69) is 0 Å². The largest absolute Gasteiger partial charge is 0.299 e. The molecule has 0 aromatic carbocycles. The topological polar surface area (TPSA) is 54.5 Å². The Morgan fingerprint density at radius 3 is 2.12 bits per heavy atom. The third-order valence-corrected chi connectivity index (χ3v) is 1.55. The van der Waals surface area contributed by atoms with Gasteiger partial charge in [-0.25, -0.2) is 0 Å². The lowest BCUT2D eigenvalue weighted by atomic mass is 10.3. The van der Waals surface area contributed by atoms with Gasteiger partial charge in [0.2, 0.25) is 12.8 Å². The number of imide groups is 1. The summed E-state index contributed by atoms with van der Waals surface area (Å²) in [5.41, 5.74) is 0.376. The number of aldehydes is 1. The van der Waals surface area contributed by atoms with Gasteiger partial charge in [0.1, 0.15) is 6.29 Å². The fourth-order valence-corrected chi connectivity index (χ4v) is 0.839. The maximum absolute atomic E-state index is 10.6. The van der Waals surface area contributed by atoms with Gasteiger partial charge in [0.25, 0.3) is 0 Å². The minimum atomic E-state index is 0.376. The number of carbonyl (C=O) groups is 3. The molecule has 0 spiro atoms. The van der Waals surface area contributed by atoms with Crippen molar-refractivity contribution in [2.75, 3.05) is 0 Å². The molecule has 4 heteroatoms. The van der Waals surface area contributed by atoms with Crippen molar-refractivity contribution in [3.63, 3.8) is 0 Å². The first-order valence-electron chi connectivity index (χ1n) is 4.60. The first-order chi connectivity index (χ1) is 7.79. The second-order valence-electron chi connectivity index (χ2n) is 2.62. The van der Waals surface area contributed by atoms with Gasteiger partial charge in [-0.3, -0.25) is 19.3 Å². The van der Waals surface area contributed by atoms with Crippen molar-refractivity contribution in [1.29, 1.82) is 0 Å². The van der Waals surface area contributed by atoms with Crippen molar-refractivity contribution in [1.82, 2.24) is 4.90 Å². The first kappa shape index (κ1) is 13.8. The maximum atomic E-state index is 10.6. The predicted molar refractivity (Wildman–Crippen MR) is 61.2 cm³/mol. The Morgan fingerprint density at radius 1 is 0.938 bits per heavy atom. The number of amides is 2. The molecule has 0 unspecified atom stereocenters. The summed E-state index contributed by atoms with van der Waals surface area (Å²) >= 11 is 0. The Morgan fingerprint density at radius 2 is 1.62 bits per heavy atom. The highest BCUT2D eigenvalue weighted by Crippen LogP contribution is 2.02. The summed E-state index contributed by atoms with van der Waals surface area (Å²) in [7, 11) is 0. The third kappa shape index (κ3) is 5.49. The van der Waals surface area contributed by atoms with E-state index in [-0.39, 0.29) is 0 Å². The van der Waals surface area contributed by atoms with Crippen LogP contribution in [0.4, 0.5) is 0 Å². The van der Waals surface area contributed by atoms with Gasteiger partial charge in [-0.15, -0.1) is 0 Å². The lowest BCUT2D eigenvalue weighted by Crippen LogP contribution is -2.17. The fourth-order valence-electron chi connectivity index (χ4n) is 0.839. The van der Waals surface area contributed by atoms with E-state index in [4.69, 9.17) is 0 Å². The van der Waals surface area contributed by atoms with Gasteiger partial charge < -0.3 is 0 Å². The molecule has 0 rings (SSSR count). The molecular formula is C12H13NO3. The van der Waals surface area contributed by atoms with E-state index in [0.29, 0.717) is 24.8 Å². The van der Waals surface area contributed by atoms with E-state index in [0.717, 1.165) is 4.90 Å². The summed E-state index contributed by atoms with van der Waals surface area (Å²) in [4.78, 5) is 32.0. The summed E-state index contributed by atoms with van der Waals surface area (Å²) in [6.45, 7) is 1.84. The molecule has 0 aliphatic carbocycles. The molecule has 2 amide bonds. The van der Waals surface area contributed by atoms with Gasteiger partial charge in [-0.1, -0.05) is 24.3 Å². The standard InChI is InChI=1S/C12H13NO3/c1-2-3-4-7-12(8-5-6-9-14)13(10-15)11-16/h2-11H,1H3/b3-2-,6-5-,7-4?,12-8?. The number of allylic oxidation sites excluding steroid dienone is 7. The van der Waals surface area contributed by atoms with E-state index in [1.165, 1.54) is 18.2 Å². The first-order valence-corrected chi connectivity index (χ1v) is 4.60. The quantitative estimate of drug-likeness (QED) is 0.369. The number of hydrogen-bond acceptors (Lipinski definition) is 3. The minimum absolute atomic E-state index is 0.376. The van der Waals surface area contributed by atoms with Crippen LogP contribution in [0.3, 0.4) is 0 Å². The Kier molecular flexibility index (Phi) is 8.03. The van der Waals surface area contributed by atoms with Crippen molar-refractivity contribution in [2.24, 2.45) is 0 Å². The lowest BCUT2D eigenvalue weighted by Gasteiger charge is -2.08. The highest BCUT2D eigenvalue weighted by atomic mass is 16.2. The van der Waals surface area contributed by atoms with E-state index >= 15 is 0 Å². The molecule has 0 fully saturated rings. The summed E-state index contributed by atoms with van der Waals surface area (Å²) in [6.07, 6.45) is 12.4. The van der Waals surface area contributed by atoms with E-state index in [9.17, 15) is 14.4 Å². The predicted octanol–water partition coefficient (Wildman–Crippen LogP) is 1.37. The Balaban J connectivity index is 4.94. The second kappa shape index (κ2) is 9.33. The Labute approximate surface area is 94.2 Å². The Bertz CT molecular complexity index is 343. The van der Waals surface area contributed by atoms with Crippen molar-refractivity contribution < 1.29 is 14.4 Å². The number of carbonyl (C=O) groups excluding carboxylic acids is 3. The molecule has 84 valence electrons. The SMILES string of the molecule is C/C=C\C=CC(=C/C=C\C=O)N(C=O)C=O. The monoisotopic (exact) mass is 219 g/mol. The molecule has 0 N–H and O–H groups in total. The Hall–Kier alpha value is -2.23. The smallest absolute Gasteiger partial charge is 0.220 e. The summed E-state index contributed by atoms with van der Waals surface area (Å²) in [5, 5.41) is 0. The molecule has 0 saturated heterocycles. The van der Waals surface area contributed by atoms with Gasteiger partial charge in [-0.05, 0) is 25.2 Å². The molecule has 0 aromatic rings. The molecule has 0 saturated carbocycles. The zero-order valence-corrected chi connectivity index (χ0v) is 8.95. The van der Waals surface area contributed by atoms with Crippen LogP contribution in [0.25, 0.3) is 0 Å². The van der Waals surface area contributed by atoms with Crippen molar-refractivity contribution in [2.45, 2.75) is 6.92 Å². The van der Waals surface area contributed by atoms with Crippen LogP contribution in [0.2, 0.25) is 0 Å². The zero-order chi connectivity index (χ0) is 12.2.